The van der Waals surface area contributed by atoms with Crippen molar-refractivity contribution in [3.8, 4) is 0 Å². The van der Waals surface area contributed by atoms with Crippen LogP contribution >= 0.6 is 15.9 Å². The summed E-state index contributed by atoms with van der Waals surface area (Å²) in [4.78, 5) is 11.9. The van der Waals surface area contributed by atoms with E-state index in [1.807, 2.05) is 6.92 Å². The summed E-state index contributed by atoms with van der Waals surface area (Å²) in [5, 5.41) is 0. The lowest BCUT2D eigenvalue weighted by molar-refractivity contribution is 0.0999. The van der Waals surface area contributed by atoms with E-state index < -0.39 is 23.0 Å². The maximum atomic E-state index is 13.6. The van der Waals surface area contributed by atoms with Crippen LogP contribution in [0, 0.1) is 11.6 Å². The average molecular weight is 315 g/mol. The Morgan fingerprint density at radius 3 is 2.39 bits per heavy atom. The van der Waals surface area contributed by atoms with Crippen LogP contribution in [0.4, 0.5) is 8.78 Å². The quantitative estimate of drug-likeness (QED) is 0.798. The highest BCUT2D eigenvalue weighted by Crippen LogP contribution is 2.23. The molecule has 18 heavy (non-hydrogen) atoms. The molecule has 0 saturated heterocycles. The lowest BCUT2D eigenvalue weighted by atomic mass is 10.1. The molecule has 0 N–H and O–H groups in total. The first-order chi connectivity index (χ1) is 8.52. The van der Waals surface area contributed by atoms with Crippen molar-refractivity contribution < 1.29 is 18.0 Å². The van der Waals surface area contributed by atoms with E-state index in [0.29, 0.717) is 12.2 Å². The molecule has 2 nitrogen and oxygen atoms in total. The summed E-state index contributed by atoms with van der Waals surface area (Å²) >= 11 is 2.95. The third kappa shape index (κ3) is 2.36. The summed E-state index contributed by atoms with van der Waals surface area (Å²) in [6, 6.07) is 5.12. The number of carbonyl (C=O) groups is 1. The van der Waals surface area contributed by atoms with Gasteiger partial charge < -0.3 is 4.42 Å². The van der Waals surface area contributed by atoms with E-state index in [1.54, 1.807) is 6.07 Å². The van der Waals surface area contributed by atoms with Crippen LogP contribution < -0.4 is 0 Å². The van der Waals surface area contributed by atoms with Crippen molar-refractivity contribution in [1.29, 1.82) is 0 Å². The summed E-state index contributed by atoms with van der Waals surface area (Å²) in [6.45, 7) is 1.86. The number of hydrogen-bond donors (Lipinski definition) is 0. The highest BCUT2D eigenvalue weighted by Gasteiger charge is 2.22. The Balaban J connectivity index is 2.46. The smallest absolute Gasteiger partial charge is 0.234 e. The van der Waals surface area contributed by atoms with Crippen LogP contribution in [0.25, 0.3) is 0 Å². The highest BCUT2D eigenvalue weighted by atomic mass is 79.9. The van der Waals surface area contributed by atoms with Gasteiger partial charge in [0.1, 0.15) is 17.4 Å². The Hall–Kier alpha value is -1.49. The molecule has 0 fully saturated rings. The first kappa shape index (κ1) is 13.0. The molecule has 0 atom stereocenters. The Bertz CT molecular complexity index is 582. The van der Waals surface area contributed by atoms with Gasteiger partial charge in [0.25, 0.3) is 0 Å². The maximum absolute atomic E-state index is 13.6. The molecule has 5 heteroatoms. The van der Waals surface area contributed by atoms with Crippen LogP contribution in [0.1, 0.15) is 28.8 Å². The minimum atomic E-state index is -0.915. The topological polar surface area (TPSA) is 30.2 Å². The number of benzene rings is 1. The van der Waals surface area contributed by atoms with Crippen LogP contribution in [0.5, 0.6) is 0 Å². The molecule has 0 aliphatic carbocycles. The number of carbonyl (C=O) groups excluding carboxylic acids is 1. The maximum Gasteiger partial charge on any atom is 0.234 e. The summed E-state index contributed by atoms with van der Waals surface area (Å²) in [5.74, 6) is -2.09. The van der Waals surface area contributed by atoms with Crippen LogP contribution in [0.3, 0.4) is 0 Å². The normalized spacial score (nSPS) is 10.7. The van der Waals surface area contributed by atoms with Crippen LogP contribution in [0.15, 0.2) is 33.2 Å². The van der Waals surface area contributed by atoms with Crippen molar-refractivity contribution in [1.82, 2.24) is 0 Å². The third-order valence-electron chi connectivity index (χ3n) is 2.47. The monoisotopic (exact) mass is 314 g/mol. The van der Waals surface area contributed by atoms with E-state index in [-0.39, 0.29) is 10.2 Å². The summed E-state index contributed by atoms with van der Waals surface area (Å²) in [7, 11) is 0. The van der Waals surface area contributed by atoms with Gasteiger partial charge in [-0.15, -0.1) is 0 Å². The standard InChI is InChI=1S/C13H9BrF2O2/c1-2-8-3-4-11(18-8)13(17)12-9(15)5-7(14)6-10(12)16/h3-6H,2H2,1H3. The van der Waals surface area contributed by atoms with E-state index in [4.69, 9.17) is 4.42 Å². The Labute approximate surface area is 111 Å². The molecule has 94 valence electrons. The van der Waals surface area contributed by atoms with Crippen molar-refractivity contribution in [3.05, 3.63) is 57.5 Å². The predicted molar refractivity (Wildman–Crippen MR) is 65.6 cm³/mol. The molecule has 1 aromatic heterocycles. The lowest BCUT2D eigenvalue weighted by Gasteiger charge is -2.03. The third-order valence-corrected chi connectivity index (χ3v) is 2.93. The van der Waals surface area contributed by atoms with Gasteiger partial charge in [0.05, 0.1) is 5.56 Å². The lowest BCUT2D eigenvalue weighted by Crippen LogP contribution is -2.06. The van der Waals surface area contributed by atoms with E-state index in [9.17, 15) is 13.6 Å². The molecule has 2 aromatic rings. The molecular formula is C13H9BrF2O2. The van der Waals surface area contributed by atoms with Crippen molar-refractivity contribution in [2.45, 2.75) is 13.3 Å². The van der Waals surface area contributed by atoms with Crippen molar-refractivity contribution >= 4 is 21.7 Å². The van der Waals surface area contributed by atoms with Gasteiger partial charge in [-0.05, 0) is 24.3 Å². The Morgan fingerprint density at radius 2 is 1.89 bits per heavy atom. The molecular weight excluding hydrogens is 306 g/mol. The fourth-order valence-electron chi connectivity index (χ4n) is 1.57. The molecule has 0 saturated carbocycles. The van der Waals surface area contributed by atoms with Gasteiger partial charge in [0.15, 0.2) is 5.76 Å². The molecule has 2 rings (SSSR count). The van der Waals surface area contributed by atoms with Crippen LogP contribution in [-0.4, -0.2) is 5.78 Å². The van der Waals surface area contributed by atoms with E-state index >= 15 is 0 Å². The highest BCUT2D eigenvalue weighted by molar-refractivity contribution is 9.10. The first-order valence-corrected chi connectivity index (χ1v) is 6.10. The Morgan fingerprint density at radius 1 is 1.28 bits per heavy atom. The molecule has 0 spiro atoms. The Kier molecular flexibility index (Phi) is 3.61. The van der Waals surface area contributed by atoms with E-state index in [0.717, 1.165) is 12.1 Å². The molecule has 1 aromatic carbocycles. The van der Waals surface area contributed by atoms with Gasteiger partial charge in [-0.25, -0.2) is 8.78 Å². The minimum absolute atomic E-state index is 0.0630. The average Bonchev–Trinajstić information content (AvgIpc) is 2.75. The summed E-state index contributed by atoms with van der Waals surface area (Å²) < 4.78 is 32.6. The van der Waals surface area contributed by atoms with Gasteiger partial charge >= 0.3 is 0 Å². The summed E-state index contributed by atoms with van der Waals surface area (Å²) in [6.07, 6.45) is 0.610. The van der Waals surface area contributed by atoms with Gasteiger partial charge in [-0.3, -0.25) is 4.79 Å². The molecule has 0 aliphatic rings. The second kappa shape index (κ2) is 5.02. The minimum Gasteiger partial charge on any atom is -0.458 e. The van der Waals surface area contributed by atoms with Gasteiger partial charge in [0.2, 0.25) is 5.78 Å². The van der Waals surface area contributed by atoms with Crippen molar-refractivity contribution in [3.63, 3.8) is 0 Å². The second-order valence-corrected chi connectivity index (χ2v) is 4.61. The van der Waals surface area contributed by atoms with Gasteiger partial charge in [0, 0.05) is 10.9 Å². The second-order valence-electron chi connectivity index (χ2n) is 3.69. The van der Waals surface area contributed by atoms with E-state index in [1.165, 1.54) is 6.07 Å². The molecule has 0 amide bonds. The van der Waals surface area contributed by atoms with Crippen molar-refractivity contribution in [2.75, 3.05) is 0 Å². The van der Waals surface area contributed by atoms with E-state index in [2.05, 4.69) is 15.9 Å². The molecule has 1 heterocycles. The number of rotatable bonds is 3. The number of aryl methyl sites for hydroxylation is 1. The zero-order valence-corrected chi connectivity index (χ0v) is 11.1. The van der Waals surface area contributed by atoms with Gasteiger partial charge in [-0.1, -0.05) is 22.9 Å². The number of hydrogen-bond acceptors (Lipinski definition) is 2. The fourth-order valence-corrected chi connectivity index (χ4v) is 1.97. The van der Waals surface area contributed by atoms with Crippen LogP contribution in [-0.2, 0) is 6.42 Å². The number of furan rings is 1. The number of ketones is 1. The molecule has 0 radical (unpaired) electrons. The van der Waals surface area contributed by atoms with Crippen molar-refractivity contribution in [2.24, 2.45) is 0 Å². The fraction of sp³-hybridized carbons (Fsp3) is 0.154. The van der Waals surface area contributed by atoms with Gasteiger partial charge in [-0.2, -0.15) is 0 Å². The molecule has 0 bridgehead atoms. The van der Waals surface area contributed by atoms with Crippen LogP contribution in [0.2, 0.25) is 0 Å². The zero-order valence-electron chi connectivity index (χ0n) is 9.47. The SMILES string of the molecule is CCc1ccc(C(=O)c2c(F)cc(Br)cc2F)o1. The summed E-state index contributed by atoms with van der Waals surface area (Å²) in [5.41, 5.74) is -0.602. The predicted octanol–water partition coefficient (Wildman–Crippen LogP) is 4.11. The first-order valence-electron chi connectivity index (χ1n) is 5.31. The zero-order chi connectivity index (χ0) is 13.3. The molecule has 0 unspecified atom stereocenters. The largest absolute Gasteiger partial charge is 0.458 e. The molecule has 0 aliphatic heterocycles. The number of halogens is 3.